The van der Waals surface area contributed by atoms with E-state index in [0.717, 1.165) is 18.3 Å². The van der Waals surface area contributed by atoms with Gasteiger partial charge in [0.25, 0.3) is 5.69 Å². The molecular weight excluding hydrogens is 306 g/mol. The van der Waals surface area contributed by atoms with Crippen LogP contribution in [0.15, 0.2) is 40.9 Å². The standard InChI is InChI=1S/C14H13N3O6/c1-6-10(13(18)19)12(11(14(20)21)7(2)16-6)9-5-8(17(22)23)3-4-15-9/h3-5,12,16H,1-2H3,(H,18,19)(H,20,21). The van der Waals surface area contributed by atoms with Crippen molar-refractivity contribution < 1.29 is 24.7 Å². The Bertz CT molecular complexity index is 744. The number of nitrogens with zero attached hydrogens (tertiary/aromatic N) is 2. The Hall–Kier alpha value is -3.23. The van der Waals surface area contributed by atoms with Crippen molar-refractivity contribution in [3.05, 3.63) is 56.7 Å². The molecule has 0 fully saturated rings. The van der Waals surface area contributed by atoms with Gasteiger partial charge in [-0.2, -0.15) is 0 Å². The zero-order chi connectivity index (χ0) is 17.3. The Kier molecular flexibility index (Phi) is 4.12. The lowest BCUT2D eigenvalue weighted by molar-refractivity contribution is -0.385. The topological polar surface area (TPSA) is 143 Å². The fourth-order valence-electron chi connectivity index (χ4n) is 2.56. The van der Waals surface area contributed by atoms with Crippen LogP contribution in [0.25, 0.3) is 0 Å². The average molecular weight is 319 g/mol. The number of carboxylic acids is 2. The lowest BCUT2D eigenvalue weighted by Gasteiger charge is -2.27. The smallest absolute Gasteiger partial charge is 0.334 e. The van der Waals surface area contributed by atoms with E-state index in [4.69, 9.17) is 0 Å². The molecule has 0 spiro atoms. The minimum atomic E-state index is -1.32. The normalized spacial score (nSPS) is 15.4. The maximum Gasteiger partial charge on any atom is 0.334 e. The maximum absolute atomic E-state index is 11.6. The monoisotopic (exact) mass is 319 g/mol. The molecule has 1 aromatic rings. The molecule has 0 aliphatic carbocycles. The van der Waals surface area contributed by atoms with Crippen LogP contribution in [0.2, 0.25) is 0 Å². The Morgan fingerprint density at radius 1 is 1.22 bits per heavy atom. The molecule has 2 rings (SSSR count). The summed E-state index contributed by atoms with van der Waals surface area (Å²) in [6.45, 7) is 2.99. The first kappa shape index (κ1) is 16.1. The van der Waals surface area contributed by atoms with E-state index >= 15 is 0 Å². The Balaban J connectivity index is 2.72. The molecule has 0 radical (unpaired) electrons. The first-order valence-electron chi connectivity index (χ1n) is 6.49. The molecule has 3 N–H and O–H groups in total. The van der Waals surface area contributed by atoms with Crippen LogP contribution in [-0.4, -0.2) is 32.1 Å². The van der Waals surface area contributed by atoms with Crippen LogP contribution in [0.5, 0.6) is 0 Å². The van der Waals surface area contributed by atoms with Crippen LogP contribution in [0.1, 0.15) is 25.5 Å². The minimum Gasteiger partial charge on any atom is -0.478 e. The molecule has 1 aliphatic heterocycles. The summed E-state index contributed by atoms with van der Waals surface area (Å²) in [5.74, 6) is -3.84. The highest BCUT2D eigenvalue weighted by molar-refractivity contribution is 5.98. The van der Waals surface area contributed by atoms with Crippen LogP contribution >= 0.6 is 0 Å². The van der Waals surface area contributed by atoms with Crippen molar-refractivity contribution in [3.63, 3.8) is 0 Å². The SMILES string of the molecule is CC1=C(C(=O)O)C(c2cc([N+](=O)[O-])ccn2)C(C(=O)O)=C(C)N1. The van der Waals surface area contributed by atoms with Gasteiger partial charge in [-0.1, -0.05) is 0 Å². The van der Waals surface area contributed by atoms with Crippen LogP contribution in [0, 0.1) is 10.1 Å². The molecule has 0 atom stereocenters. The highest BCUT2D eigenvalue weighted by atomic mass is 16.6. The fourth-order valence-corrected chi connectivity index (χ4v) is 2.56. The van der Waals surface area contributed by atoms with Gasteiger partial charge >= 0.3 is 11.9 Å². The van der Waals surface area contributed by atoms with Crippen molar-refractivity contribution in [2.45, 2.75) is 19.8 Å². The summed E-state index contributed by atoms with van der Waals surface area (Å²) in [6, 6.07) is 2.24. The van der Waals surface area contributed by atoms with Crippen LogP contribution in [0.3, 0.4) is 0 Å². The predicted octanol–water partition coefficient (Wildman–Crippen LogP) is 1.39. The molecule has 23 heavy (non-hydrogen) atoms. The molecule has 0 saturated carbocycles. The molecule has 0 aromatic carbocycles. The third-order valence-electron chi connectivity index (χ3n) is 3.49. The van der Waals surface area contributed by atoms with Gasteiger partial charge in [-0.15, -0.1) is 0 Å². The Morgan fingerprint density at radius 3 is 2.17 bits per heavy atom. The molecule has 2 heterocycles. The van der Waals surface area contributed by atoms with Crippen LogP contribution in [-0.2, 0) is 9.59 Å². The van der Waals surface area contributed by atoms with Gasteiger partial charge in [0.05, 0.1) is 27.7 Å². The number of nitro groups is 1. The lowest BCUT2D eigenvalue weighted by Crippen LogP contribution is -2.31. The summed E-state index contributed by atoms with van der Waals surface area (Å²) >= 11 is 0. The fraction of sp³-hybridized carbons (Fsp3) is 0.214. The summed E-state index contributed by atoms with van der Waals surface area (Å²) in [5, 5.41) is 32.5. The van der Waals surface area contributed by atoms with Gasteiger partial charge in [-0.3, -0.25) is 15.1 Å². The number of carbonyl (C=O) groups is 2. The zero-order valence-electron chi connectivity index (χ0n) is 12.2. The molecule has 0 bridgehead atoms. The third kappa shape index (κ3) is 2.89. The first-order valence-corrected chi connectivity index (χ1v) is 6.49. The van der Waals surface area contributed by atoms with E-state index in [0.29, 0.717) is 0 Å². The van der Waals surface area contributed by atoms with Gasteiger partial charge in [-0.25, -0.2) is 9.59 Å². The molecular formula is C14H13N3O6. The number of carboxylic acid groups (broad SMARTS) is 2. The molecule has 9 nitrogen and oxygen atoms in total. The number of aromatic nitrogens is 1. The first-order chi connectivity index (χ1) is 10.7. The van der Waals surface area contributed by atoms with Crippen LogP contribution < -0.4 is 5.32 Å². The summed E-state index contributed by atoms with van der Waals surface area (Å²) in [5.41, 5.74) is -0.189. The van der Waals surface area contributed by atoms with Gasteiger partial charge in [0, 0.05) is 29.7 Å². The maximum atomic E-state index is 11.6. The summed E-state index contributed by atoms with van der Waals surface area (Å²) in [7, 11) is 0. The number of dihydropyridines is 1. The summed E-state index contributed by atoms with van der Waals surface area (Å²) in [6.07, 6.45) is 1.15. The van der Waals surface area contributed by atoms with Crippen molar-refractivity contribution in [1.82, 2.24) is 10.3 Å². The molecule has 120 valence electrons. The number of aliphatic carboxylic acids is 2. The van der Waals surface area contributed by atoms with Crippen molar-refractivity contribution in [2.75, 3.05) is 0 Å². The Morgan fingerprint density at radius 2 is 1.74 bits per heavy atom. The van der Waals surface area contributed by atoms with Gasteiger partial charge in [0.2, 0.25) is 0 Å². The lowest BCUT2D eigenvalue weighted by atomic mass is 9.83. The third-order valence-corrected chi connectivity index (χ3v) is 3.49. The van der Waals surface area contributed by atoms with E-state index in [1.54, 1.807) is 0 Å². The van der Waals surface area contributed by atoms with E-state index in [-0.39, 0.29) is 33.9 Å². The second-order valence-corrected chi connectivity index (χ2v) is 4.94. The minimum absolute atomic E-state index is 0.00537. The zero-order valence-corrected chi connectivity index (χ0v) is 12.2. The highest BCUT2D eigenvalue weighted by Crippen LogP contribution is 2.38. The van der Waals surface area contributed by atoms with Crippen molar-refractivity contribution in [3.8, 4) is 0 Å². The summed E-state index contributed by atoms with van der Waals surface area (Å²) in [4.78, 5) is 37.3. The van der Waals surface area contributed by atoms with E-state index in [1.165, 1.54) is 13.8 Å². The van der Waals surface area contributed by atoms with Crippen molar-refractivity contribution in [1.29, 1.82) is 0 Å². The van der Waals surface area contributed by atoms with Gasteiger partial charge in [0.1, 0.15) is 0 Å². The largest absolute Gasteiger partial charge is 0.478 e. The van der Waals surface area contributed by atoms with Crippen LogP contribution in [0.4, 0.5) is 5.69 Å². The summed E-state index contributed by atoms with van der Waals surface area (Å²) < 4.78 is 0. The Labute approximate surface area is 130 Å². The molecule has 0 saturated heterocycles. The molecule has 1 aromatic heterocycles. The second kappa shape index (κ2) is 5.87. The molecule has 0 amide bonds. The number of hydrogen-bond donors (Lipinski definition) is 3. The number of nitrogens with one attached hydrogen (secondary N) is 1. The number of allylic oxidation sites excluding steroid dienone is 2. The van der Waals surface area contributed by atoms with Crippen molar-refractivity contribution >= 4 is 17.6 Å². The number of rotatable bonds is 4. The highest BCUT2D eigenvalue weighted by Gasteiger charge is 2.37. The van der Waals surface area contributed by atoms with Gasteiger partial charge in [-0.05, 0) is 13.8 Å². The predicted molar refractivity (Wildman–Crippen MR) is 77.4 cm³/mol. The molecule has 0 unspecified atom stereocenters. The van der Waals surface area contributed by atoms with E-state index < -0.39 is 22.8 Å². The van der Waals surface area contributed by atoms with E-state index in [1.807, 2.05) is 0 Å². The molecule has 9 heteroatoms. The molecule has 1 aliphatic rings. The quantitative estimate of drug-likeness (QED) is 0.558. The van der Waals surface area contributed by atoms with E-state index in [9.17, 15) is 29.9 Å². The average Bonchev–Trinajstić information content (AvgIpc) is 2.45. The van der Waals surface area contributed by atoms with Crippen molar-refractivity contribution in [2.24, 2.45) is 0 Å². The van der Waals surface area contributed by atoms with Gasteiger partial charge in [0.15, 0.2) is 0 Å². The number of hydrogen-bond acceptors (Lipinski definition) is 6. The van der Waals surface area contributed by atoms with Gasteiger partial charge < -0.3 is 15.5 Å². The second-order valence-electron chi connectivity index (χ2n) is 4.94. The number of pyridine rings is 1. The van der Waals surface area contributed by atoms with E-state index in [2.05, 4.69) is 10.3 Å².